The number of rotatable bonds is 1. The summed E-state index contributed by atoms with van der Waals surface area (Å²) in [5.41, 5.74) is 1.15. The molecule has 68 valence electrons. The van der Waals surface area contributed by atoms with Gasteiger partial charge in [0, 0.05) is 12.0 Å². The van der Waals surface area contributed by atoms with Crippen molar-refractivity contribution in [3.8, 4) is 0 Å². The molecule has 1 saturated carbocycles. The van der Waals surface area contributed by atoms with Crippen molar-refractivity contribution in [2.45, 2.75) is 38.9 Å². The molecule has 1 aliphatic carbocycles. The molecule has 0 radical (unpaired) electrons. The maximum atomic E-state index is 11.4. The van der Waals surface area contributed by atoms with E-state index >= 15 is 0 Å². The zero-order chi connectivity index (χ0) is 9.35. The van der Waals surface area contributed by atoms with E-state index in [1.807, 2.05) is 0 Å². The van der Waals surface area contributed by atoms with Gasteiger partial charge in [-0.25, -0.2) is 0 Å². The van der Waals surface area contributed by atoms with Gasteiger partial charge < -0.3 is 0 Å². The first-order valence-electron chi connectivity index (χ1n) is 4.35. The summed E-state index contributed by atoms with van der Waals surface area (Å²) in [6, 6.07) is 0. The van der Waals surface area contributed by atoms with Crippen LogP contribution in [-0.2, 0) is 4.79 Å². The lowest BCUT2D eigenvalue weighted by molar-refractivity contribution is -0.114. The Bertz CT molecular complexity index is 237. The van der Waals surface area contributed by atoms with E-state index < -0.39 is 8.07 Å². The molecule has 3 heteroatoms. The molecule has 1 fully saturated rings. The average molecular weight is 294 g/mol. The van der Waals surface area contributed by atoms with Crippen LogP contribution in [0.25, 0.3) is 0 Å². The van der Waals surface area contributed by atoms with Crippen LogP contribution in [0, 0.1) is 0 Å². The fourth-order valence-electron chi connectivity index (χ4n) is 1.40. The van der Waals surface area contributed by atoms with Crippen molar-refractivity contribution in [3.05, 3.63) is 8.78 Å². The first-order valence-corrected chi connectivity index (χ1v) is 8.93. The Morgan fingerprint density at radius 2 is 1.92 bits per heavy atom. The summed E-state index contributed by atoms with van der Waals surface area (Å²) in [5.74, 6) is 0.404. The first kappa shape index (κ1) is 10.4. The molecule has 1 rings (SSSR count). The molecule has 0 saturated heterocycles. The van der Waals surface area contributed by atoms with E-state index in [4.69, 9.17) is 0 Å². The van der Waals surface area contributed by atoms with Gasteiger partial charge in [-0.3, -0.25) is 4.79 Å². The Hall–Kier alpha value is 0.357. The molecule has 1 aliphatic rings. The van der Waals surface area contributed by atoms with Crippen molar-refractivity contribution in [1.29, 1.82) is 0 Å². The summed E-state index contributed by atoms with van der Waals surface area (Å²) in [6.45, 7) is 6.90. The maximum Gasteiger partial charge on any atom is 0.159 e. The standard InChI is InChI=1S/C9H15IOSi/c1-12(2,3)9(10)7-5-4-6-8(7)11/h4-6H2,1-3H3/b9-7-. The third kappa shape index (κ3) is 2.19. The van der Waals surface area contributed by atoms with Gasteiger partial charge in [-0.2, -0.15) is 0 Å². The van der Waals surface area contributed by atoms with E-state index in [1.54, 1.807) is 0 Å². The minimum Gasteiger partial charge on any atom is -0.295 e. The molecule has 0 amide bonds. The van der Waals surface area contributed by atoms with E-state index in [9.17, 15) is 4.79 Å². The molecule has 0 N–H and O–H groups in total. The van der Waals surface area contributed by atoms with Crippen molar-refractivity contribution >= 4 is 36.4 Å². The fourth-order valence-corrected chi connectivity index (χ4v) is 3.14. The molecule has 0 aliphatic heterocycles. The van der Waals surface area contributed by atoms with Gasteiger partial charge >= 0.3 is 0 Å². The van der Waals surface area contributed by atoms with E-state index in [2.05, 4.69) is 42.2 Å². The second-order valence-electron chi connectivity index (χ2n) is 4.32. The van der Waals surface area contributed by atoms with Crippen LogP contribution in [0.3, 0.4) is 0 Å². The van der Waals surface area contributed by atoms with Gasteiger partial charge in [0.1, 0.15) is 0 Å². The van der Waals surface area contributed by atoms with Crippen LogP contribution < -0.4 is 0 Å². The SMILES string of the molecule is C[Si](C)(C)/C(I)=C1/CCCC1=O. The number of hydrogen-bond acceptors (Lipinski definition) is 1. The van der Waals surface area contributed by atoms with Gasteiger partial charge in [0.15, 0.2) is 5.78 Å². The molecule has 0 aromatic rings. The number of carbonyl (C=O) groups excluding carboxylic acids is 1. The number of allylic oxidation sites excluding steroid dienone is 1. The monoisotopic (exact) mass is 294 g/mol. The van der Waals surface area contributed by atoms with Gasteiger partial charge in [0.25, 0.3) is 0 Å². The average Bonchev–Trinajstić information content (AvgIpc) is 2.31. The largest absolute Gasteiger partial charge is 0.295 e. The highest BCUT2D eigenvalue weighted by atomic mass is 127. The lowest BCUT2D eigenvalue weighted by Gasteiger charge is -2.17. The minimum absolute atomic E-state index is 0.404. The second kappa shape index (κ2) is 3.62. The van der Waals surface area contributed by atoms with Crippen molar-refractivity contribution < 1.29 is 4.79 Å². The smallest absolute Gasteiger partial charge is 0.159 e. The third-order valence-corrected chi connectivity index (χ3v) is 9.21. The van der Waals surface area contributed by atoms with Crippen LogP contribution in [0.15, 0.2) is 8.78 Å². The molecule has 1 nitrogen and oxygen atoms in total. The number of carbonyl (C=O) groups is 1. The van der Waals surface area contributed by atoms with Gasteiger partial charge in [0.2, 0.25) is 0 Å². The number of halogens is 1. The predicted molar refractivity (Wildman–Crippen MR) is 63.3 cm³/mol. The molecule has 0 aromatic carbocycles. The van der Waals surface area contributed by atoms with E-state index in [1.165, 1.54) is 3.20 Å². The molecule has 12 heavy (non-hydrogen) atoms. The Kier molecular flexibility index (Phi) is 3.14. The topological polar surface area (TPSA) is 17.1 Å². The van der Waals surface area contributed by atoms with Crippen molar-refractivity contribution in [3.63, 3.8) is 0 Å². The van der Waals surface area contributed by atoms with E-state index in [0.717, 1.165) is 24.8 Å². The summed E-state index contributed by atoms with van der Waals surface area (Å²) in [4.78, 5) is 11.4. The van der Waals surface area contributed by atoms with Crippen molar-refractivity contribution in [2.24, 2.45) is 0 Å². The van der Waals surface area contributed by atoms with Crippen LogP contribution in [0.4, 0.5) is 0 Å². The predicted octanol–water partition coefficient (Wildman–Crippen LogP) is 3.31. The van der Waals surface area contributed by atoms with E-state index in [-0.39, 0.29) is 0 Å². The molecular formula is C9H15IOSi. The van der Waals surface area contributed by atoms with Crippen molar-refractivity contribution in [2.75, 3.05) is 0 Å². The van der Waals surface area contributed by atoms with Gasteiger partial charge in [-0.15, -0.1) is 0 Å². The van der Waals surface area contributed by atoms with Crippen LogP contribution in [0.1, 0.15) is 19.3 Å². The quantitative estimate of drug-likeness (QED) is 0.412. The maximum absolute atomic E-state index is 11.4. The molecule has 0 unspecified atom stereocenters. The molecule has 0 atom stereocenters. The Morgan fingerprint density at radius 1 is 1.33 bits per heavy atom. The number of Topliss-reactive ketones (excluding diaryl/α,β-unsaturated/α-hetero) is 1. The number of ketones is 1. The molecular weight excluding hydrogens is 279 g/mol. The second-order valence-corrected chi connectivity index (χ2v) is 11.4. The fraction of sp³-hybridized carbons (Fsp3) is 0.667. The minimum atomic E-state index is -1.22. The summed E-state index contributed by atoms with van der Waals surface area (Å²) < 4.78 is 1.39. The molecule has 0 heterocycles. The first-order chi connectivity index (χ1) is 5.43. The highest BCUT2D eigenvalue weighted by molar-refractivity contribution is 14.1. The summed E-state index contributed by atoms with van der Waals surface area (Å²) in [6.07, 6.45) is 2.89. The van der Waals surface area contributed by atoms with Crippen LogP contribution >= 0.6 is 22.6 Å². The van der Waals surface area contributed by atoms with Crippen LogP contribution in [0.5, 0.6) is 0 Å². The normalized spacial score (nSPS) is 23.2. The third-order valence-electron chi connectivity index (χ3n) is 2.09. The highest BCUT2D eigenvalue weighted by Crippen LogP contribution is 2.32. The summed E-state index contributed by atoms with van der Waals surface area (Å²) in [7, 11) is -1.22. The van der Waals surface area contributed by atoms with Crippen LogP contribution in [0.2, 0.25) is 19.6 Å². The van der Waals surface area contributed by atoms with E-state index in [0.29, 0.717) is 5.78 Å². The zero-order valence-electron chi connectivity index (χ0n) is 7.91. The van der Waals surface area contributed by atoms with Gasteiger partial charge in [-0.05, 0) is 16.0 Å². The Morgan fingerprint density at radius 3 is 2.25 bits per heavy atom. The lowest BCUT2D eigenvalue weighted by Crippen LogP contribution is -2.22. The van der Waals surface area contributed by atoms with Gasteiger partial charge in [0.05, 0.1) is 8.07 Å². The molecule has 0 bridgehead atoms. The zero-order valence-corrected chi connectivity index (χ0v) is 11.1. The highest BCUT2D eigenvalue weighted by Gasteiger charge is 2.27. The lowest BCUT2D eigenvalue weighted by atomic mass is 10.2. The molecule has 0 spiro atoms. The van der Waals surface area contributed by atoms with Crippen molar-refractivity contribution in [1.82, 2.24) is 0 Å². The summed E-state index contributed by atoms with van der Waals surface area (Å²) >= 11 is 2.39. The summed E-state index contributed by atoms with van der Waals surface area (Å²) in [5, 5.41) is 0. The number of hydrogen-bond donors (Lipinski definition) is 0. The van der Waals surface area contributed by atoms with Crippen LogP contribution in [-0.4, -0.2) is 13.9 Å². The van der Waals surface area contributed by atoms with Gasteiger partial charge in [-0.1, -0.05) is 42.2 Å². The Labute approximate surface area is 88.8 Å². The molecule has 0 aromatic heterocycles. The Balaban J connectivity index is 2.97.